The molecule has 4 rings (SSSR count). The van der Waals surface area contributed by atoms with E-state index in [9.17, 15) is 22.7 Å². The summed E-state index contributed by atoms with van der Waals surface area (Å²) >= 11 is 0. The Morgan fingerprint density at radius 1 is 1.31 bits per heavy atom. The number of carbonyl (C=O) groups excluding carboxylic acids is 1. The normalized spacial score (nSPS) is 18.2. The van der Waals surface area contributed by atoms with Gasteiger partial charge in [-0.15, -0.1) is 0 Å². The lowest BCUT2D eigenvalue weighted by molar-refractivity contribution is -0.127. The lowest BCUT2D eigenvalue weighted by Crippen LogP contribution is -2.51. The van der Waals surface area contributed by atoms with Crippen LogP contribution in [0.15, 0.2) is 59.9 Å². The van der Waals surface area contributed by atoms with Crippen LogP contribution in [0.4, 0.5) is 4.39 Å². The van der Waals surface area contributed by atoms with Gasteiger partial charge in [-0.3, -0.25) is 4.79 Å². The zero-order chi connectivity index (χ0) is 26.1. The van der Waals surface area contributed by atoms with Gasteiger partial charge in [0.15, 0.2) is 0 Å². The summed E-state index contributed by atoms with van der Waals surface area (Å²) in [5, 5.41) is 21.8. The Labute approximate surface area is 208 Å². The first-order chi connectivity index (χ1) is 17.1. The molecule has 11 heteroatoms. The predicted molar refractivity (Wildman–Crippen MR) is 129 cm³/mol. The molecule has 3 aromatic rings. The number of nitrogens with zero attached hydrogens (tertiary/aromatic N) is 4. The van der Waals surface area contributed by atoms with Gasteiger partial charge in [0.05, 0.1) is 34.6 Å². The van der Waals surface area contributed by atoms with Crippen molar-refractivity contribution in [2.24, 2.45) is 13.0 Å². The average Bonchev–Trinajstić information content (AvgIpc) is 3.30. The molecule has 36 heavy (non-hydrogen) atoms. The Kier molecular flexibility index (Phi) is 6.84. The molecule has 2 heterocycles. The topological polar surface area (TPSA) is 128 Å². The predicted octanol–water partition coefficient (Wildman–Crippen LogP) is 2.62. The molecular weight excluding hydrogens is 485 g/mol. The van der Waals surface area contributed by atoms with Crippen LogP contribution < -0.4 is 5.32 Å². The molecule has 1 aliphatic rings. The van der Waals surface area contributed by atoms with Gasteiger partial charge in [0.25, 0.3) is 0 Å². The maximum Gasteiger partial charge on any atom is 0.243 e. The third-order valence-corrected chi connectivity index (χ3v) is 8.44. The van der Waals surface area contributed by atoms with Crippen LogP contribution >= 0.6 is 0 Å². The Bertz CT molecular complexity index is 1450. The summed E-state index contributed by atoms with van der Waals surface area (Å²) in [7, 11) is -2.16. The third kappa shape index (κ3) is 4.69. The summed E-state index contributed by atoms with van der Waals surface area (Å²) in [6.45, 7) is 1.93. The van der Waals surface area contributed by atoms with Gasteiger partial charge in [0.2, 0.25) is 15.9 Å². The average molecular weight is 512 g/mol. The smallest absolute Gasteiger partial charge is 0.243 e. The van der Waals surface area contributed by atoms with Crippen molar-refractivity contribution >= 4 is 15.9 Å². The number of rotatable bonds is 6. The first kappa shape index (κ1) is 25.3. The van der Waals surface area contributed by atoms with E-state index in [-0.39, 0.29) is 35.2 Å². The molecule has 1 amide bonds. The van der Waals surface area contributed by atoms with Crippen LogP contribution in [0.1, 0.15) is 36.6 Å². The number of phenols is 1. The van der Waals surface area contributed by atoms with E-state index in [1.54, 1.807) is 43.2 Å². The Balaban J connectivity index is 1.63. The molecule has 1 aromatic heterocycles. The Morgan fingerprint density at radius 3 is 2.72 bits per heavy atom. The number of aryl methyl sites for hydroxylation is 1. The van der Waals surface area contributed by atoms with E-state index in [1.165, 1.54) is 40.7 Å². The molecule has 0 bridgehead atoms. The van der Waals surface area contributed by atoms with Crippen molar-refractivity contribution in [3.8, 4) is 11.8 Å². The number of halogens is 1. The van der Waals surface area contributed by atoms with Crippen molar-refractivity contribution in [2.45, 2.75) is 30.2 Å². The molecule has 0 radical (unpaired) electrons. The summed E-state index contributed by atoms with van der Waals surface area (Å²) in [5.74, 6) is -1.91. The van der Waals surface area contributed by atoms with E-state index in [1.807, 2.05) is 0 Å². The van der Waals surface area contributed by atoms with Crippen LogP contribution in [0.3, 0.4) is 0 Å². The highest BCUT2D eigenvalue weighted by molar-refractivity contribution is 7.89. The lowest BCUT2D eigenvalue weighted by atomic mass is 9.86. The molecule has 1 saturated heterocycles. The molecule has 1 fully saturated rings. The highest BCUT2D eigenvalue weighted by Crippen LogP contribution is 2.32. The summed E-state index contributed by atoms with van der Waals surface area (Å²) in [4.78, 5) is 17.6. The minimum Gasteiger partial charge on any atom is -0.508 e. The monoisotopic (exact) mass is 511 g/mol. The number of phenolic OH excluding ortho intramolecular Hbond substituents is 1. The molecule has 2 N–H and O–H groups in total. The number of hydrogen-bond donors (Lipinski definition) is 2. The van der Waals surface area contributed by atoms with Crippen LogP contribution in [-0.4, -0.2) is 46.4 Å². The second-order valence-corrected chi connectivity index (χ2v) is 10.9. The number of nitrogens with one attached hydrogen (secondary N) is 1. The van der Waals surface area contributed by atoms with E-state index < -0.39 is 27.3 Å². The summed E-state index contributed by atoms with van der Waals surface area (Å²) < 4.78 is 43.8. The second kappa shape index (κ2) is 9.72. The number of carbonyl (C=O) groups is 1. The van der Waals surface area contributed by atoms with Gasteiger partial charge < -0.3 is 15.0 Å². The van der Waals surface area contributed by atoms with Gasteiger partial charge in [0.1, 0.15) is 23.2 Å². The molecule has 188 valence electrons. The maximum absolute atomic E-state index is 14.5. The van der Waals surface area contributed by atoms with E-state index in [4.69, 9.17) is 5.26 Å². The number of piperidine rings is 1. The zero-order valence-corrected chi connectivity index (χ0v) is 20.7. The molecule has 2 aromatic carbocycles. The highest BCUT2D eigenvalue weighted by Gasteiger charge is 2.39. The van der Waals surface area contributed by atoms with Crippen molar-refractivity contribution in [3.05, 3.63) is 77.6 Å². The number of benzene rings is 2. The number of aromatic hydroxyl groups is 1. The van der Waals surface area contributed by atoms with Gasteiger partial charge in [-0.05, 0) is 55.7 Å². The van der Waals surface area contributed by atoms with Gasteiger partial charge in [-0.1, -0.05) is 12.1 Å². The van der Waals surface area contributed by atoms with Gasteiger partial charge >= 0.3 is 0 Å². The molecular formula is C25H26FN5O4S. The van der Waals surface area contributed by atoms with Crippen LogP contribution in [0.2, 0.25) is 0 Å². The van der Waals surface area contributed by atoms with Gasteiger partial charge in [0, 0.05) is 20.1 Å². The molecule has 0 aliphatic carbocycles. The highest BCUT2D eigenvalue weighted by atomic mass is 32.2. The van der Waals surface area contributed by atoms with Crippen LogP contribution in [0.5, 0.6) is 5.75 Å². The molecule has 2 atom stereocenters. The number of amides is 1. The number of aromatic nitrogens is 2. The standard InChI is InChI=1S/C25H26FN5O4S/c1-25(23-14-28-16-30(23)2,19-9-8-17(13-27)22(26)11-19)29-24(33)18-5-4-10-31(15-18)36(34,35)21-7-3-6-20(32)12-21/h3,6-9,11-12,14,16,18,32H,4-5,10,15H2,1-2H3,(H,29,33)/t18?,25-/m1/s1. The Morgan fingerprint density at radius 2 is 2.08 bits per heavy atom. The second-order valence-electron chi connectivity index (χ2n) is 9.01. The zero-order valence-electron chi connectivity index (χ0n) is 19.8. The van der Waals surface area contributed by atoms with Crippen LogP contribution in [0, 0.1) is 23.1 Å². The summed E-state index contributed by atoms with van der Waals surface area (Å²) in [6, 6.07) is 11.4. The fourth-order valence-electron chi connectivity index (χ4n) is 4.56. The lowest BCUT2D eigenvalue weighted by Gasteiger charge is -2.36. The summed E-state index contributed by atoms with van der Waals surface area (Å²) in [6.07, 6.45) is 4.07. The molecule has 1 aliphatic heterocycles. The third-order valence-electron chi connectivity index (χ3n) is 6.58. The van der Waals surface area contributed by atoms with Crippen LogP contribution in [-0.2, 0) is 27.4 Å². The maximum atomic E-state index is 14.5. The fraction of sp³-hybridized carbons (Fsp3) is 0.320. The van der Waals surface area contributed by atoms with E-state index in [0.29, 0.717) is 24.1 Å². The van der Waals surface area contributed by atoms with Crippen LogP contribution in [0.25, 0.3) is 0 Å². The van der Waals surface area contributed by atoms with Crippen molar-refractivity contribution in [1.29, 1.82) is 5.26 Å². The largest absolute Gasteiger partial charge is 0.508 e. The fourth-order valence-corrected chi connectivity index (χ4v) is 6.12. The first-order valence-corrected chi connectivity index (χ1v) is 12.8. The summed E-state index contributed by atoms with van der Waals surface area (Å²) in [5.41, 5.74) is -0.322. The SMILES string of the molecule is Cn1cncc1[C@](C)(NC(=O)C1CCCN(S(=O)(=O)c2cccc(O)c2)C1)c1ccc(C#N)c(F)c1. The van der Waals surface area contributed by atoms with E-state index in [2.05, 4.69) is 10.3 Å². The number of nitriles is 1. The molecule has 1 unspecified atom stereocenters. The van der Waals surface area contributed by atoms with Gasteiger partial charge in [-0.25, -0.2) is 17.8 Å². The number of hydrogen-bond acceptors (Lipinski definition) is 6. The molecule has 0 saturated carbocycles. The quantitative estimate of drug-likeness (QED) is 0.524. The van der Waals surface area contributed by atoms with Crippen molar-refractivity contribution in [3.63, 3.8) is 0 Å². The van der Waals surface area contributed by atoms with Crippen molar-refractivity contribution in [2.75, 3.05) is 13.1 Å². The number of imidazole rings is 1. The first-order valence-electron chi connectivity index (χ1n) is 11.3. The number of sulfonamides is 1. The van der Waals surface area contributed by atoms with Gasteiger partial charge in [-0.2, -0.15) is 9.57 Å². The van der Waals surface area contributed by atoms with Crippen molar-refractivity contribution in [1.82, 2.24) is 19.2 Å². The van der Waals surface area contributed by atoms with Crippen molar-refractivity contribution < 1.29 is 22.7 Å². The minimum absolute atomic E-state index is 0.0347. The van der Waals surface area contributed by atoms with E-state index >= 15 is 0 Å². The molecule has 0 spiro atoms. The van der Waals surface area contributed by atoms with E-state index in [0.717, 1.165) is 0 Å². The molecule has 9 nitrogen and oxygen atoms in total. The minimum atomic E-state index is -3.91. The Hall–Kier alpha value is -3.75.